The average Bonchev–Trinajstić information content (AvgIpc) is 2.68. The molecule has 2 amide bonds. The third-order valence-electron chi connectivity index (χ3n) is 4.86. The van der Waals surface area contributed by atoms with Gasteiger partial charge in [-0.15, -0.1) is 4.99 Å². The van der Waals surface area contributed by atoms with Crippen LogP contribution in [0.4, 0.5) is 9.59 Å². The highest BCUT2D eigenvalue weighted by molar-refractivity contribution is 9.10. The molecule has 10 nitrogen and oxygen atoms in total. The fourth-order valence-electron chi connectivity index (χ4n) is 3.38. The Bertz CT molecular complexity index is 945. The molecule has 0 aliphatic carbocycles. The summed E-state index contributed by atoms with van der Waals surface area (Å²) in [6.45, 7) is 13.0. The average molecular weight is 557 g/mol. The predicted molar refractivity (Wildman–Crippen MR) is 137 cm³/mol. The fraction of sp³-hybridized carbons (Fsp3) is 0.625. The Morgan fingerprint density at radius 3 is 2.11 bits per heavy atom. The lowest BCUT2D eigenvalue weighted by Gasteiger charge is -2.45. The van der Waals surface area contributed by atoms with Gasteiger partial charge in [-0.05, 0) is 79.8 Å². The molecule has 1 heterocycles. The summed E-state index contributed by atoms with van der Waals surface area (Å²) in [5.41, 5.74) is 0.287. The first-order chi connectivity index (χ1) is 16.0. The number of hydrogen-bond donors (Lipinski definition) is 1. The number of carbonyl (C=O) groups is 2. The van der Waals surface area contributed by atoms with Gasteiger partial charge in [0.25, 0.3) is 0 Å². The highest BCUT2D eigenvalue weighted by Gasteiger charge is 2.35. The van der Waals surface area contributed by atoms with Crippen molar-refractivity contribution in [1.82, 2.24) is 19.6 Å². The highest BCUT2D eigenvalue weighted by Crippen LogP contribution is 2.22. The summed E-state index contributed by atoms with van der Waals surface area (Å²) in [6.07, 6.45) is -2.31. The van der Waals surface area contributed by atoms with Gasteiger partial charge in [-0.3, -0.25) is 9.80 Å². The molecule has 0 atom stereocenters. The van der Waals surface area contributed by atoms with Crippen molar-refractivity contribution in [1.29, 1.82) is 0 Å². The van der Waals surface area contributed by atoms with Crippen LogP contribution in [0.3, 0.4) is 0 Å². The lowest BCUT2D eigenvalue weighted by Crippen LogP contribution is -2.62. The number of amides is 2. The molecule has 196 valence electrons. The molecule has 2 rings (SSSR count). The summed E-state index contributed by atoms with van der Waals surface area (Å²) in [7, 11) is 3.46. The molecule has 1 aliphatic rings. The van der Waals surface area contributed by atoms with Crippen LogP contribution in [-0.4, -0.2) is 87.8 Å². The van der Waals surface area contributed by atoms with Crippen LogP contribution in [0.5, 0.6) is 0 Å². The second kappa shape index (κ2) is 11.2. The number of benzene rings is 1. The van der Waals surface area contributed by atoms with Crippen LogP contribution in [0.2, 0.25) is 0 Å². The molecule has 1 aromatic rings. The lowest BCUT2D eigenvalue weighted by molar-refractivity contribution is -0.150. The minimum absolute atomic E-state index is 0.0691. The second-order valence-electron chi connectivity index (χ2n) is 10.7. The molecule has 1 N–H and O–H groups in total. The Kier molecular flexibility index (Phi) is 9.32. The molecule has 1 aliphatic heterocycles. The largest absolute Gasteiger partial charge is 0.443 e. The van der Waals surface area contributed by atoms with Crippen LogP contribution in [0.25, 0.3) is 0 Å². The van der Waals surface area contributed by atoms with E-state index >= 15 is 0 Å². The molecule has 0 saturated carbocycles. The first kappa shape index (κ1) is 29.0. The number of aliphatic imine (C=N–C) groups is 1. The number of hydrogen-bond acceptors (Lipinski definition) is 7. The van der Waals surface area contributed by atoms with E-state index in [1.807, 2.05) is 25.1 Å². The van der Waals surface area contributed by atoms with Crippen molar-refractivity contribution in [2.75, 3.05) is 27.4 Å². The van der Waals surface area contributed by atoms with E-state index in [-0.39, 0.29) is 25.8 Å². The Morgan fingerprint density at radius 1 is 1.09 bits per heavy atom. The minimum Gasteiger partial charge on any atom is -0.443 e. The normalized spacial score (nSPS) is 16.9. The van der Waals surface area contributed by atoms with Gasteiger partial charge in [0.1, 0.15) is 11.2 Å². The molecule has 0 bridgehead atoms. The summed E-state index contributed by atoms with van der Waals surface area (Å²) in [6, 6.07) is 5.74. The van der Waals surface area contributed by atoms with Crippen molar-refractivity contribution in [2.24, 2.45) is 4.99 Å². The molecule has 1 fully saturated rings. The molecule has 0 radical (unpaired) electrons. The van der Waals surface area contributed by atoms with Crippen molar-refractivity contribution in [3.05, 3.63) is 33.8 Å². The number of rotatable bonds is 2. The Hall–Kier alpha value is -2.21. The van der Waals surface area contributed by atoms with Gasteiger partial charge in [-0.25, -0.2) is 14.5 Å². The first-order valence-corrected chi connectivity index (χ1v) is 12.2. The van der Waals surface area contributed by atoms with Crippen molar-refractivity contribution in [2.45, 2.75) is 72.6 Å². The summed E-state index contributed by atoms with van der Waals surface area (Å²) in [5.74, 6) is 0.0691. The van der Waals surface area contributed by atoms with Crippen LogP contribution in [0, 0.1) is 6.92 Å². The fourth-order valence-corrected chi connectivity index (χ4v) is 3.63. The van der Waals surface area contributed by atoms with Gasteiger partial charge in [-0.1, -0.05) is 28.1 Å². The number of aliphatic hydroxyl groups is 1. The molecule has 1 aromatic carbocycles. The van der Waals surface area contributed by atoms with E-state index in [1.165, 1.54) is 4.90 Å². The zero-order valence-corrected chi connectivity index (χ0v) is 23.7. The van der Waals surface area contributed by atoms with Crippen LogP contribution < -0.4 is 0 Å². The van der Waals surface area contributed by atoms with Gasteiger partial charge >= 0.3 is 12.2 Å². The van der Waals surface area contributed by atoms with Gasteiger partial charge in [0.15, 0.2) is 6.35 Å². The molecule has 1 saturated heterocycles. The maximum Gasteiger partial charge on any atom is 0.437 e. The molecule has 0 aromatic heterocycles. The third kappa shape index (κ3) is 8.75. The summed E-state index contributed by atoms with van der Waals surface area (Å²) >= 11 is 3.50. The zero-order chi connectivity index (χ0) is 26.7. The standard InChI is InChI=1S/C24H38BrN5O5/c1-16-12-17(10-11-18(16)25)13-30(22(33)35-24(5,6)7)19(26-20(31)34-23(2,3)4)29-14-27(8)21(32)28(9)15-29/h10-12,21,32H,13-15H2,1-9H3/b26-19+. The third-order valence-corrected chi connectivity index (χ3v) is 5.75. The number of halogens is 1. The number of nitrogens with zero attached hydrogens (tertiary/aromatic N) is 5. The molecule has 0 spiro atoms. The van der Waals surface area contributed by atoms with Crippen LogP contribution in [0.15, 0.2) is 27.7 Å². The van der Waals surface area contributed by atoms with Crippen LogP contribution >= 0.6 is 15.9 Å². The van der Waals surface area contributed by atoms with E-state index in [0.717, 1.165) is 15.6 Å². The van der Waals surface area contributed by atoms with Gasteiger partial charge in [0.05, 0.1) is 19.9 Å². The number of ether oxygens (including phenoxy) is 2. The maximum atomic E-state index is 13.5. The van der Waals surface area contributed by atoms with Crippen molar-refractivity contribution >= 4 is 34.1 Å². The van der Waals surface area contributed by atoms with E-state index < -0.39 is 29.7 Å². The van der Waals surface area contributed by atoms with Crippen molar-refractivity contribution < 1.29 is 24.2 Å². The molecule has 11 heteroatoms. The molecular weight excluding hydrogens is 518 g/mol. The second-order valence-corrected chi connectivity index (χ2v) is 11.6. The topological polar surface area (TPSA) is 98.1 Å². The molecule has 0 unspecified atom stereocenters. The summed E-state index contributed by atoms with van der Waals surface area (Å²) in [5, 5.41) is 10.4. The van der Waals surface area contributed by atoms with Crippen molar-refractivity contribution in [3.63, 3.8) is 0 Å². The number of carbonyl (C=O) groups excluding carboxylic acids is 2. The Labute approximate surface area is 216 Å². The van der Waals surface area contributed by atoms with E-state index in [2.05, 4.69) is 20.9 Å². The van der Waals surface area contributed by atoms with E-state index in [9.17, 15) is 14.7 Å². The first-order valence-electron chi connectivity index (χ1n) is 11.4. The number of aryl methyl sites for hydroxylation is 1. The molecule has 35 heavy (non-hydrogen) atoms. The van der Waals surface area contributed by atoms with E-state index in [4.69, 9.17) is 9.47 Å². The van der Waals surface area contributed by atoms with Gasteiger partial charge in [0.2, 0.25) is 5.96 Å². The lowest BCUT2D eigenvalue weighted by atomic mass is 10.1. The quantitative estimate of drug-likeness (QED) is 0.429. The predicted octanol–water partition coefficient (Wildman–Crippen LogP) is 4.16. The highest BCUT2D eigenvalue weighted by atomic mass is 79.9. The molecular formula is C24H38BrN5O5. The number of guanidine groups is 1. The SMILES string of the molecule is Cc1cc(CN(C(=O)OC(C)(C)C)/C(=N/C(=O)OC(C)(C)C)N2CN(C)C(O)N(C)C2)ccc1Br. The number of aliphatic hydroxyl groups excluding tert-OH is 1. The van der Waals surface area contributed by atoms with E-state index in [1.54, 1.807) is 70.3 Å². The van der Waals surface area contributed by atoms with Crippen molar-refractivity contribution in [3.8, 4) is 0 Å². The van der Waals surface area contributed by atoms with Crippen LogP contribution in [0.1, 0.15) is 52.7 Å². The Morgan fingerprint density at radius 2 is 1.63 bits per heavy atom. The smallest absolute Gasteiger partial charge is 0.437 e. The van der Waals surface area contributed by atoms with Gasteiger partial charge in [-0.2, -0.15) is 0 Å². The monoisotopic (exact) mass is 555 g/mol. The van der Waals surface area contributed by atoms with Crippen LogP contribution in [-0.2, 0) is 16.0 Å². The Balaban J connectivity index is 2.58. The zero-order valence-electron chi connectivity index (χ0n) is 22.1. The summed E-state index contributed by atoms with van der Waals surface area (Å²) in [4.78, 5) is 36.8. The maximum absolute atomic E-state index is 13.5. The van der Waals surface area contributed by atoms with Gasteiger partial charge < -0.3 is 19.5 Å². The van der Waals surface area contributed by atoms with E-state index in [0.29, 0.717) is 0 Å². The summed E-state index contributed by atoms with van der Waals surface area (Å²) < 4.78 is 12.1. The van der Waals surface area contributed by atoms with Gasteiger partial charge in [0, 0.05) is 4.47 Å². The minimum atomic E-state index is -0.829.